The van der Waals surface area contributed by atoms with Crippen molar-refractivity contribution in [3.05, 3.63) is 29.8 Å². The molecule has 0 aromatic heterocycles. The van der Waals surface area contributed by atoms with Crippen LogP contribution in [0.5, 0.6) is 0 Å². The first-order valence-electron chi connectivity index (χ1n) is 7.88. The van der Waals surface area contributed by atoms with E-state index in [2.05, 4.69) is 17.4 Å². The molecule has 2 heteroatoms. The van der Waals surface area contributed by atoms with E-state index in [1.165, 1.54) is 44.2 Å². The van der Waals surface area contributed by atoms with Gasteiger partial charge in [-0.2, -0.15) is 0 Å². The number of aryl methyl sites for hydroxylation is 1. The molecule has 3 rings (SSSR count). The molecule has 2 fully saturated rings. The molecule has 0 spiro atoms. The summed E-state index contributed by atoms with van der Waals surface area (Å²) in [4.78, 5) is 0. The summed E-state index contributed by atoms with van der Waals surface area (Å²) in [5.74, 6) is 3.13. The van der Waals surface area contributed by atoms with Crippen molar-refractivity contribution in [1.29, 1.82) is 0 Å². The van der Waals surface area contributed by atoms with Crippen LogP contribution in [0.3, 0.4) is 0 Å². The maximum absolute atomic E-state index is 5.69. The van der Waals surface area contributed by atoms with Crippen molar-refractivity contribution in [2.45, 2.75) is 38.5 Å². The number of hydrogen-bond acceptors (Lipinski definition) is 2. The van der Waals surface area contributed by atoms with Crippen LogP contribution in [0, 0.1) is 17.8 Å². The van der Waals surface area contributed by atoms with Gasteiger partial charge in [0.2, 0.25) is 0 Å². The Labute approximate surface area is 116 Å². The maximum atomic E-state index is 5.69. The van der Waals surface area contributed by atoms with Crippen molar-refractivity contribution < 1.29 is 0 Å². The first kappa shape index (κ1) is 13.0. The summed E-state index contributed by atoms with van der Waals surface area (Å²) in [7, 11) is 0. The molecule has 0 atom stereocenters. The fourth-order valence-corrected chi connectivity index (χ4v) is 3.14. The highest BCUT2D eigenvalue weighted by Crippen LogP contribution is 2.48. The van der Waals surface area contributed by atoms with Gasteiger partial charge in [0.1, 0.15) is 0 Å². The summed E-state index contributed by atoms with van der Waals surface area (Å²) in [5.41, 5.74) is 7.95. The second-order valence-corrected chi connectivity index (χ2v) is 6.39. The summed E-state index contributed by atoms with van der Waals surface area (Å²) >= 11 is 0. The van der Waals surface area contributed by atoms with E-state index in [-0.39, 0.29) is 0 Å². The zero-order valence-electron chi connectivity index (χ0n) is 11.8. The summed E-state index contributed by atoms with van der Waals surface area (Å²) in [6.07, 6.45) is 8.36. The lowest BCUT2D eigenvalue weighted by Crippen LogP contribution is -2.26. The highest BCUT2D eigenvalue weighted by molar-refractivity contribution is 5.39. The quantitative estimate of drug-likeness (QED) is 0.555. The monoisotopic (exact) mass is 258 g/mol. The highest BCUT2D eigenvalue weighted by atomic mass is 14.9. The van der Waals surface area contributed by atoms with Crippen molar-refractivity contribution in [2.24, 2.45) is 17.8 Å². The molecular formula is C17H26N2. The van der Waals surface area contributed by atoms with Gasteiger partial charge in [-0.25, -0.2) is 0 Å². The summed E-state index contributed by atoms with van der Waals surface area (Å²) < 4.78 is 0. The van der Waals surface area contributed by atoms with Crippen molar-refractivity contribution in [1.82, 2.24) is 5.32 Å². The van der Waals surface area contributed by atoms with Gasteiger partial charge in [-0.05, 0) is 87.1 Å². The van der Waals surface area contributed by atoms with Crippen molar-refractivity contribution in [3.63, 3.8) is 0 Å². The van der Waals surface area contributed by atoms with Gasteiger partial charge in [-0.1, -0.05) is 12.1 Å². The summed E-state index contributed by atoms with van der Waals surface area (Å²) in [6.45, 7) is 2.41. The Hall–Kier alpha value is -1.02. The first-order chi connectivity index (χ1) is 9.33. The van der Waals surface area contributed by atoms with Crippen LogP contribution >= 0.6 is 0 Å². The Morgan fingerprint density at radius 2 is 1.68 bits per heavy atom. The van der Waals surface area contributed by atoms with Crippen LogP contribution in [0.2, 0.25) is 0 Å². The number of benzene rings is 1. The predicted molar refractivity (Wildman–Crippen MR) is 81.0 cm³/mol. The number of rotatable bonds is 8. The molecule has 0 amide bonds. The fraction of sp³-hybridized carbons (Fsp3) is 0.647. The van der Waals surface area contributed by atoms with Crippen LogP contribution in [0.15, 0.2) is 24.3 Å². The molecule has 1 aromatic rings. The van der Waals surface area contributed by atoms with Gasteiger partial charge in [0, 0.05) is 5.69 Å². The van der Waals surface area contributed by atoms with Gasteiger partial charge >= 0.3 is 0 Å². The zero-order valence-corrected chi connectivity index (χ0v) is 11.8. The van der Waals surface area contributed by atoms with Gasteiger partial charge in [0.25, 0.3) is 0 Å². The third-order valence-corrected chi connectivity index (χ3v) is 4.63. The third kappa shape index (κ3) is 3.97. The molecular weight excluding hydrogens is 232 g/mol. The molecule has 2 aliphatic carbocycles. The number of nitrogens with two attached hydrogens (primary N) is 1. The summed E-state index contributed by atoms with van der Waals surface area (Å²) in [5, 5.41) is 3.69. The predicted octanol–water partition coefficient (Wildman–Crippen LogP) is 3.23. The van der Waals surface area contributed by atoms with Gasteiger partial charge < -0.3 is 11.1 Å². The number of nitrogen functional groups attached to an aromatic ring is 1. The summed E-state index contributed by atoms with van der Waals surface area (Å²) in [6, 6.07) is 8.29. The lowest BCUT2D eigenvalue weighted by atomic mass is 9.98. The average Bonchev–Trinajstić information content (AvgIpc) is 3.28. The van der Waals surface area contributed by atoms with E-state index in [1.54, 1.807) is 0 Å². The third-order valence-electron chi connectivity index (χ3n) is 4.63. The largest absolute Gasteiger partial charge is 0.399 e. The molecule has 0 saturated heterocycles. The minimum atomic E-state index is 0.860. The second-order valence-electron chi connectivity index (χ2n) is 6.39. The van der Waals surface area contributed by atoms with Gasteiger partial charge in [0.15, 0.2) is 0 Å². The van der Waals surface area contributed by atoms with Gasteiger partial charge in [-0.3, -0.25) is 0 Å². The molecule has 0 heterocycles. The minimum Gasteiger partial charge on any atom is -0.399 e. The van der Waals surface area contributed by atoms with Crippen LogP contribution in [0.25, 0.3) is 0 Å². The van der Waals surface area contributed by atoms with E-state index in [9.17, 15) is 0 Å². The van der Waals surface area contributed by atoms with Crippen molar-refractivity contribution >= 4 is 5.69 Å². The smallest absolute Gasteiger partial charge is 0.0314 e. The normalized spacial score (nSPS) is 19.0. The lowest BCUT2D eigenvalue weighted by molar-refractivity contribution is 0.378. The standard InChI is InChI=1S/C17H26N2/c18-16-9-3-13(4-10-16)2-1-11-19-12-17(14-5-6-14)15-7-8-15/h3-4,9-10,14-15,17,19H,1-2,5-8,11-12,18H2. The molecule has 2 saturated carbocycles. The molecule has 3 N–H and O–H groups in total. The molecule has 2 aliphatic rings. The van der Waals surface area contributed by atoms with Crippen LogP contribution in [0.1, 0.15) is 37.7 Å². The molecule has 1 aromatic carbocycles. The average molecular weight is 258 g/mol. The molecule has 104 valence electrons. The Balaban J connectivity index is 1.31. The Morgan fingerprint density at radius 3 is 2.26 bits per heavy atom. The topological polar surface area (TPSA) is 38.0 Å². The van der Waals surface area contributed by atoms with Crippen molar-refractivity contribution in [3.8, 4) is 0 Å². The fourth-order valence-electron chi connectivity index (χ4n) is 3.14. The number of anilines is 1. The Morgan fingerprint density at radius 1 is 1.05 bits per heavy atom. The van der Waals surface area contributed by atoms with Crippen LogP contribution in [-0.2, 0) is 6.42 Å². The minimum absolute atomic E-state index is 0.860. The maximum Gasteiger partial charge on any atom is 0.0314 e. The lowest BCUT2D eigenvalue weighted by Gasteiger charge is -2.16. The Bertz CT molecular complexity index is 378. The molecule has 0 bridgehead atoms. The van der Waals surface area contributed by atoms with E-state index in [0.29, 0.717) is 0 Å². The van der Waals surface area contributed by atoms with Gasteiger partial charge in [-0.15, -0.1) is 0 Å². The highest BCUT2D eigenvalue weighted by Gasteiger charge is 2.40. The Kier molecular flexibility index (Phi) is 4.07. The van der Waals surface area contributed by atoms with Crippen molar-refractivity contribution in [2.75, 3.05) is 18.8 Å². The van der Waals surface area contributed by atoms with Crippen LogP contribution in [0.4, 0.5) is 5.69 Å². The zero-order chi connectivity index (χ0) is 13.1. The van der Waals surface area contributed by atoms with E-state index >= 15 is 0 Å². The van der Waals surface area contributed by atoms with E-state index in [4.69, 9.17) is 5.73 Å². The SMILES string of the molecule is Nc1ccc(CCCNCC(C2CC2)C2CC2)cc1. The van der Waals surface area contributed by atoms with Crippen LogP contribution < -0.4 is 11.1 Å². The second kappa shape index (κ2) is 5.96. The van der Waals surface area contributed by atoms with Gasteiger partial charge in [0.05, 0.1) is 0 Å². The van der Waals surface area contributed by atoms with Crippen LogP contribution in [-0.4, -0.2) is 13.1 Å². The molecule has 19 heavy (non-hydrogen) atoms. The molecule has 0 aliphatic heterocycles. The number of nitrogens with one attached hydrogen (secondary N) is 1. The van der Waals surface area contributed by atoms with E-state index < -0.39 is 0 Å². The molecule has 0 unspecified atom stereocenters. The van der Waals surface area contributed by atoms with E-state index in [0.717, 1.165) is 36.4 Å². The van der Waals surface area contributed by atoms with E-state index in [1.807, 2.05) is 12.1 Å². The first-order valence-corrected chi connectivity index (χ1v) is 7.88. The molecule has 0 radical (unpaired) electrons. The molecule has 2 nitrogen and oxygen atoms in total. The number of hydrogen-bond donors (Lipinski definition) is 2.